The van der Waals surface area contributed by atoms with Crippen LogP contribution in [0.15, 0.2) is 29.3 Å². The highest BCUT2D eigenvalue weighted by Gasteiger charge is 2.09. The molecule has 1 rings (SSSR count). The first kappa shape index (κ1) is 19.0. The van der Waals surface area contributed by atoms with Gasteiger partial charge in [0.1, 0.15) is 0 Å². The molecule has 0 spiro atoms. The number of carbonyl (C=O) groups is 1. The van der Waals surface area contributed by atoms with E-state index in [2.05, 4.69) is 34.7 Å². The van der Waals surface area contributed by atoms with Crippen LogP contribution < -0.4 is 10.6 Å². The smallest absolute Gasteiger partial charge is 0.224 e. The molecule has 0 saturated heterocycles. The first-order chi connectivity index (χ1) is 11.1. The third-order valence-corrected chi connectivity index (χ3v) is 3.76. The molecule has 0 atom stereocenters. The highest BCUT2D eigenvalue weighted by molar-refractivity contribution is 5.81. The van der Waals surface area contributed by atoms with Crippen molar-refractivity contribution in [2.45, 2.75) is 40.7 Å². The number of carbonyl (C=O) groups excluding carboxylic acids is 1. The van der Waals surface area contributed by atoms with E-state index in [0.717, 1.165) is 25.6 Å². The molecular formula is C18H30N4O. The molecule has 0 aromatic heterocycles. The van der Waals surface area contributed by atoms with E-state index in [-0.39, 0.29) is 5.91 Å². The van der Waals surface area contributed by atoms with Crippen molar-refractivity contribution in [3.63, 3.8) is 0 Å². The van der Waals surface area contributed by atoms with Gasteiger partial charge < -0.3 is 15.5 Å². The SMILES string of the molecule is CCNC(=NCc1ccccc1C)NCCC(=O)N(CC)CC. The Morgan fingerprint density at radius 2 is 1.83 bits per heavy atom. The van der Waals surface area contributed by atoms with Gasteiger partial charge in [-0.05, 0) is 38.8 Å². The number of nitrogens with one attached hydrogen (secondary N) is 2. The van der Waals surface area contributed by atoms with Gasteiger partial charge in [-0.15, -0.1) is 0 Å². The average Bonchev–Trinajstić information content (AvgIpc) is 2.55. The fourth-order valence-electron chi connectivity index (χ4n) is 2.32. The van der Waals surface area contributed by atoms with Gasteiger partial charge >= 0.3 is 0 Å². The van der Waals surface area contributed by atoms with Gasteiger partial charge in [-0.25, -0.2) is 4.99 Å². The summed E-state index contributed by atoms with van der Waals surface area (Å²) in [7, 11) is 0. The van der Waals surface area contributed by atoms with E-state index in [1.165, 1.54) is 11.1 Å². The Morgan fingerprint density at radius 3 is 2.43 bits per heavy atom. The largest absolute Gasteiger partial charge is 0.357 e. The topological polar surface area (TPSA) is 56.7 Å². The molecule has 1 aromatic carbocycles. The van der Waals surface area contributed by atoms with Crippen LogP contribution in [0.4, 0.5) is 0 Å². The van der Waals surface area contributed by atoms with E-state index in [4.69, 9.17) is 0 Å². The molecule has 0 aliphatic rings. The van der Waals surface area contributed by atoms with Crippen LogP contribution in [0, 0.1) is 6.92 Å². The predicted octanol–water partition coefficient (Wildman–Crippen LogP) is 2.31. The number of hydrogen-bond acceptors (Lipinski definition) is 2. The number of amides is 1. The van der Waals surface area contributed by atoms with Gasteiger partial charge in [0.25, 0.3) is 0 Å². The van der Waals surface area contributed by atoms with E-state index in [1.54, 1.807) is 0 Å². The van der Waals surface area contributed by atoms with Crippen molar-refractivity contribution in [2.24, 2.45) is 4.99 Å². The molecule has 5 nitrogen and oxygen atoms in total. The summed E-state index contributed by atoms with van der Waals surface area (Å²) in [6, 6.07) is 8.24. The second-order valence-electron chi connectivity index (χ2n) is 5.36. The Hall–Kier alpha value is -2.04. The average molecular weight is 318 g/mol. The minimum atomic E-state index is 0.178. The Balaban J connectivity index is 2.53. The summed E-state index contributed by atoms with van der Waals surface area (Å²) >= 11 is 0. The Kier molecular flexibility index (Phi) is 8.80. The van der Waals surface area contributed by atoms with E-state index >= 15 is 0 Å². The molecule has 1 aromatic rings. The van der Waals surface area contributed by atoms with Crippen LogP contribution in [0.5, 0.6) is 0 Å². The lowest BCUT2D eigenvalue weighted by Gasteiger charge is -2.19. The molecule has 5 heteroatoms. The number of hydrogen-bond donors (Lipinski definition) is 2. The van der Waals surface area contributed by atoms with E-state index in [0.29, 0.717) is 19.5 Å². The van der Waals surface area contributed by atoms with Crippen molar-refractivity contribution < 1.29 is 4.79 Å². The zero-order chi connectivity index (χ0) is 17.1. The van der Waals surface area contributed by atoms with Crippen LogP contribution in [0.1, 0.15) is 38.3 Å². The highest BCUT2D eigenvalue weighted by Crippen LogP contribution is 2.07. The first-order valence-corrected chi connectivity index (χ1v) is 8.46. The van der Waals surface area contributed by atoms with Crippen LogP contribution in [0.3, 0.4) is 0 Å². The molecular weight excluding hydrogens is 288 g/mol. The number of nitrogens with zero attached hydrogens (tertiary/aromatic N) is 2. The van der Waals surface area contributed by atoms with Crippen molar-refractivity contribution >= 4 is 11.9 Å². The van der Waals surface area contributed by atoms with Gasteiger partial charge in [0.2, 0.25) is 5.91 Å². The van der Waals surface area contributed by atoms with Gasteiger partial charge in [0.15, 0.2) is 5.96 Å². The lowest BCUT2D eigenvalue weighted by Crippen LogP contribution is -2.40. The highest BCUT2D eigenvalue weighted by atomic mass is 16.2. The second kappa shape index (κ2) is 10.6. The summed E-state index contributed by atoms with van der Waals surface area (Å²) in [6.07, 6.45) is 0.483. The molecule has 2 N–H and O–H groups in total. The molecule has 1 amide bonds. The first-order valence-electron chi connectivity index (χ1n) is 8.46. The van der Waals surface area contributed by atoms with E-state index < -0.39 is 0 Å². The summed E-state index contributed by atoms with van der Waals surface area (Å²) in [4.78, 5) is 18.4. The summed E-state index contributed by atoms with van der Waals surface area (Å²) in [5.41, 5.74) is 2.45. The van der Waals surface area contributed by atoms with Crippen LogP contribution in [0.25, 0.3) is 0 Å². The minimum Gasteiger partial charge on any atom is -0.357 e. The molecule has 0 aliphatic heterocycles. The molecule has 23 heavy (non-hydrogen) atoms. The number of guanidine groups is 1. The molecule has 128 valence electrons. The second-order valence-corrected chi connectivity index (χ2v) is 5.36. The fourth-order valence-corrected chi connectivity index (χ4v) is 2.32. The fraction of sp³-hybridized carbons (Fsp3) is 0.556. The molecule has 0 heterocycles. The zero-order valence-corrected chi connectivity index (χ0v) is 14.9. The molecule has 0 radical (unpaired) electrons. The number of rotatable bonds is 8. The maximum atomic E-state index is 12.0. The van der Waals surface area contributed by atoms with Crippen LogP contribution >= 0.6 is 0 Å². The lowest BCUT2D eigenvalue weighted by molar-refractivity contribution is -0.130. The third-order valence-electron chi connectivity index (χ3n) is 3.76. The summed E-state index contributed by atoms with van der Waals surface area (Å²) in [5, 5.41) is 6.45. The van der Waals surface area contributed by atoms with Crippen molar-refractivity contribution in [3.05, 3.63) is 35.4 Å². The molecule has 0 bridgehead atoms. The Labute approximate surface area is 140 Å². The predicted molar refractivity (Wildman–Crippen MR) is 96.5 cm³/mol. The number of aliphatic imine (C=N–C) groups is 1. The van der Waals surface area contributed by atoms with E-state index in [9.17, 15) is 4.79 Å². The lowest BCUT2D eigenvalue weighted by atomic mass is 10.1. The number of aryl methyl sites for hydroxylation is 1. The van der Waals surface area contributed by atoms with Crippen molar-refractivity contribution in [2.75, 3.05) is 26.2 Å². The molecule has 0 fully saturated rings. The Bertz CT molecular complexity index is 509. The standard InChI is InChI=1S/C18H30N4O/c1-5-19-18(20-13-12-17(23)22(6-2)7-3)21-14-16-11-9-8-10-15(16)4/h8-11H,5-7,12-14H2,1-4H3,(H2,19,20,21). The van der Waals surface area contributed by atoms with Crippen molar-refractivity contribution in [1.82, 2.24) is 15.5 Å². The molecule has 0 saturated carbocycles. The molecule has 0 unspecified atom stereocenters. The zero-order valence-electron chi connectivity index (χ0n) is 14.9. The number of benzene rings is 1. The minimum absolute atomic E-state index is 0.178. The summed E-state index contributed by atoms with van der Waals surface area (Å²) in [6.45, 7) is 11.7. The maximum absolute atomic E-state index is 12.0. The van der Waals surface area contributed by atoms with E-state index in [1.807, 2.05) is 37.8 Å². The van der Waals surface area contributed by atoms with Crippen LogP contribution in [-0.4, -0.2) is 42.9 Å². The summed E-state index contributed by atoms with van der Waals surface area (Å²) < 4.78 is 0. The van der Waals surface area contributed by atoms with Gasteiger partial charge in [0.05, 0.1) is 6.54 Å². The quantitative estimate of drug-likeness (QED) is 0.571. The summed E-state index contributed by atoms with van der Waals surface area (Å²) in [5.74, 6) is 0.931. The van der Waals surface area contributed by atoms with Gasteiger partial charge in [-0.1, -0.05) is 24.3 Å². The van der Waals surface area contributed by atoms with Crippen LogP contribution in [0.2, 0.25) is 0 Å². The van der Waals surface area contributed by atoms with Gasteiger partial charge in [-0.2, -0.15) is 0 Å². The van der Waals surface area contributed by atoms with Gasteiger partial charge in [-0.3, -0.25) is 4.79 Å². The van der Waals surface area contributed by atoms with Crippen molar-refractivity contribution in [1.29, 1.82) is 0 Å². The Morgan fingerprint density at radius 1 is 1.13 bits per heavy atom. The van der Waals surface area contributed by atoms with Crippen molar-refractivity contribution in [3.8, 4) is 0 Å². The normalized spacial score (nSPS) is 11.2. The maximum Gasteiger partial charge on any atom is 0.224 e. The third kappa shape index (κ3) is 6.72. The van der Waals surface area contributed by atoms with Gasteiger partial charge in [0, 0.05) is 32.6 Å². The monoisotopic (exact) mass is 318 g/mol. The molecule has 0 aliphatic carbocycles. The van der Waals surface area contributed by atoms with Crippen LogP contribution in [-0.2, 0) is 11.3 Å².